The second-order valence-corrected chi connectivity index (χ2v) is 9.92. The summed E-state index contributed by atoms with van der Waals surface area (Å²) in [7, 11) is -8.46. The van der Waals surface area contributed by atoms with E-state index in [1.165, 1.54) is 18.2 Å². The Balaban J connectivity index is 3.41. The van der Waals surface area contributed by atoms with Crippen molar-refractivity contribution in [2.75, 3.05) is 26.3 Å². The van der Waals surface area contributed by atoms with Crippen LogP contribution in [-0.4, -0.2) is 61.5 Å². The lowest BCUT2D eigenvalue weighted by Crippen LogP contribution is -2.63. The van der Waals surface area contributed by atoms with Crippen molar-refractivity contribution in [3.8, 4) is 0 Å². The van der Waals surface area contributed by atoms with E-state index in [4.69, 9.17) is 4.74 Å². The first-order valence-corrected chi connectivity index (χ1v) is 9.90. The highest BCUT2D eigenvalue weighted by molar-refractivity contribution is 7.93. The van der Waals surface area contributed by atoms with Crippen molar-refractivity contribution in [2.45, 2.75) is 50.0 Å². The number of morpholine rings is 1. The van der Waals surface area contributed by atoms with Crippen LogP contribution < -0.4 is 0 Å². The number of hydrogen-bond acceptors (Lipinski definition) is 5. The molecule has 1 fully saturated rings. The van der Waals surface area contributed by atoms with Gasteiger partial charge in [-0.1, -0.05) is 13.8 Å². The fourth-order valence-electron chi connectivity index (χ4n) is 3.12. The van der Waals surface area contributed by atoms with Crippen LogP contribution in [0.4, 0.5) is 0 Å². The largest absolute Gasteiger partial charge is 0.379 e. The lowest BCUT2D eigenvalue weighted by atomic mass is 9.88. The van der Waals surface area contributed by atoms with Gasteiger partial charge in [-0.25, -0.2) is 8.42 Å². The van der Waals surface area contributed by atoms with Crippen molar-refractivity contribution in [3.63, 3.8) is 0 Å². The fourth-order valence-corrected chi connectivity index (χ4v) is 7.14. The van der Waals surface area contributed by atoms with E-state index in [1.54, 1.807) is 13.8 Å². The summed E-state index contributed by atoms with van der Waals surface area (Å²) in [5, 5.41) is 0. The van der Waals surface area contributed by atoms with Crippen molar-refractivity contribution in [2.24, 2.45) is 0 Å². The first-order chi connectivity index (χ1) is 9.48. The summed E-state index contributed by atoms with van der Waals surface area (Å²) < 4.78 is 62.4. The predicted octanol–water partition coefficient (Wildman–Crippen LogP) is 0.874. The van der Waals surface area contributed by atoms with Crippen molar-refractivity contribution in [1.82, 2.24) is 4.31 Å². The predicted molar refractivity (Wildman–Crippen MR) is 80.3 cm³/mol. The summed E-state index contributed by atoms with van der Waals surface area (Å²) in [6.07, 6.45) is 0.0256. The Bertz CT molecular complexity index is 557. The van der Waals surface area contributed by atoms with Crippen LogP contribution in [0.5, 0.6) is 0 Å². The fraction of sp³-hybridized carbons (Fsp3) is 1.00. The zero-order chi connectivity index (χ0) is 16.5. The zero-order valence-corrected chi connectivity index (χ0v) is 14.6. The van der Waals surface area contributed by atoms with Gasteiger partial charge in [0.05, 0.1) is 13.2 Å². The molecule has 0 aliphatic carbocycles. The Morgan fingerprint density at radius 1 is 1.05 bits per heavy atom. The van der Waals surface area contributed by atoms with E-state index in [0.29, 0.717) is 0 Å². The first kappa shape index (κ1) is 18.8. The van der Waals surface area contributed by atoms with E-state index in [9.17, 15) is 21.4 Å². The molecule has 1 aliphatic heterocycles. The molecule has 1 aliphatic rings. The monoisotopic (exact) mass is 343 g/mol. The van der Waals surface area contributed by atoms with Gasteiger partial charge in [-0.15, -0.1) is 0 Å². The lowest BCUT2D eigenvalue weighted by molar-refractivity contribution is 0.0715. The minimum absolute atomic E-state index is 0.0128. The van der Waals surface area contributed by atoms with E-state index < -0.39 is 29.6 Å². The Morgan fingerprint density at radius 3 is 1.81 bits per heavy atom. The number of nitrogens with zero attached hydrogens (tertiary/aromatic N) is 1. The summed E-state index contributed by atoms with van der Waals surface area (Å²) in [5.41, 5.74) is 0. The molecule has 0 atom stereocenters. The minimum Gasteiger partial charge on any atom is -0.379 e. The van der Waals surface area contributed by atoms with E-state index in [1.807, 2.05) is 0 Å². The van der Waals surface area contributed by atoms with Crippen LogP contribution in [0.25, 0.3) is 0 Å². The van der Waals surface area contributed by atoms with Gasteiger partial charge in [0.25, 0.3) is 10.1 Å². The molecule has 0 aromatic carbocycles. The first-order valence-electron chi connectivity index (χ1n) is 7.02. The molecule has 0 unspecified atom stereocenters. The molecule has 1 rings (SSSR count). The summed E-state index contributed by atoms with van der Waals surface area (Å²) in [5.74, 6) is 0. The highest BCUT2D eigenvalue weighted by atomic mass is 32.2. The molecule has 0 amide bonds. The molecule has 9 heteroatoms. The Kier molecular flexibility index (Phi) is 5.48. The highest BCUT2D eigenvalue weighted by Gasteiger charge is 2.60. The standard InChI is InChI=1S/C12H25NO6S2/c1-5-12(6-2,21(16,17)18)11(3,4)20(14,15)13-7-9-19-10-8-13/h5-10H2,1-4H3,(H,16,17,18). The van der Waals surface area contributed by atoms with E-state index in [0.717, 1.165) is 0 Å². The molecular weight excluding hydrogens is 318 g/mol. The van der Waals surface area contributed by atoms with Gasteiger partial charge >= 0.3 is 0 Å². The van der Waals surface area contributed by atoms with Crippen LogP contribution in [0.15, 0.2) is 0 Å². The molecule has 1 N–H and O–H groups in total. The quantitative estimate of drug-likeness (QED) is 0.718. The molecule has 0 radical (unpaired) electrons. The maximum Gasteiger partial charge on any atom is 0.272 e. The van der Waals surface area contributed by atoms with Crippen molar-refractivity contribution in [3.05, 3.63) is 0 Å². The van der Waals surface area contributed by atoms with E-state index in [-0.39, 0.29) is 39.1 Å². The smallest absolute Gasteiger partial charge is 0.272 e. The summed E-state index contributed by atoms with van der Waals surface area (Å²) in [6.45, 7) is 6.86. The Hall–Kier alpha value is -0.220. The molecule has 0 bridgehead atoms. The molecular formula is C12H25NO6S2. The van der Waals surface area contributed by atoms with Gasteiger partial charge in [-0.05, 0) is 26.7 Å². The van der Waals surface area contributed by atoms with Crippen molar-refractivity contribution in [1.29, 1.82) is 0 Å². The van der Waals surface area contributed by atoms with Gasteiger partial charge in [0.15, 0.2) is 0 Å². The van der Waals surface area contributed by atoms with Crippen molar-refractivity contribution >= 4 is 20.1 Å². The SMILES string of the molecule is CCC(CC)(C(C)(C)S(=O)(=O)N1CCOCC1)S(=O)(=O)O. The van der Waals surface area contributed by atoms with Crippen LogP contribution in [0.3, 0.4) is 0 Å². The van der Waals surface area contributed by atoms with Gasteiger partial charge < -0.3 is 4.74 Å². The molecule has 21 heavy (non-hydrogen) atoms. The van der Waals surface area contributed by atoms with Gasteiger partial charge in [0, 0.05) is 13.1 Å². The Labute approximate surface area is 127 Å². The summed E-state index contributed by atoms with van der Waals surface area (Å²) in [4.78, 5) is 0. The third-order valence-corrected chi connectivity index (χ3v) is 9.62. The van der Waals surface area contributed by atoms with Gasteiger partial charge in [-0.2, -0.15) is 12.7 Å². The average Bonchev–Trinajstić information content (AvgIpc) is 2.39. The number of rotatable bonds is 6. The van der Waals surface area contributed by atoms with Crippen LogP contribution in [0.2, 0.25) is 0 Å². The second kappa shape index (κ2) is 6.11. The van der Waals surface area contributed by atoms with Crippen LogP contribution in [0, 0.1) is 0 Å². The van der Waals surface area contributed by atoms with Gasteiger partial charge in [-0.3, -0.25) is 4.55 Å². The maximum atomic E-state index is 12.9. The zero-order valence-electron chi connectivity index (χ0n) is 13.0. The minimum atomic E-state index is -4.54. The van der Waals surface area contributed by atoms with E-state index in [2.05, 4.69) is 0 Å². The number of ether oxygens (including phenoxy) is 1. The van der Waals surface area contributed by atoms with Crippen LogP contribution in [-0.2, 0) is 24.9 Å². The molecule has 0 aromatic heterocycles. The second-order valence-electron chi connectivity index (χ2n) is 5.70. The highest BCUT2D eigenvalue weighted by Crippen LogP contribution is 2.43. The van der Waals surface area contributed by atoms with Crippen molar-refractivity contribution < 1.29 is 26.1 Å². The van der Waals surface area contributed by atoms with Crippen LogP contribution in [0.1, 0.15) is 40.5 Å². The molecule has 1 saturated heterocycles. The molecule has 0 aromatic rings. The average molecular weight is 343 g/mol. The summed E-state index contributed by atoms with van der Waals surface area (Å²) in [6, 6.07) is 0. The number of sulfonamides is 1. The summed E-state index contributed by atoms with van der Waals surface area (Å²) >= 11 is 0. The Morgan fingerprint density at radius 2 is 1.48 bits per heavy atom. The third-order valence-electron chi connectivity index (χ3n) is 4.69. The number of hydrogen-bond donors (Lipinski definition) is 1. The molecule has 7 nitrogen and oxygen atoms in total. The van der Waals surface area contributed by atoms with Gasteiger partial charge in [0.1, 0.15) is 9.49 Å². The maximum absolute atomic E-state index is 12.9. The van der Waals surface area contributed by atoms with E-state index >= 15 is 0 Å². The topological polar surface area (TPSA) is 101 Å². The molecule has 0 saturated carbocycles. The van der Waals surface area contributed by atoms with Gasteiger partial charge in [0.2, 0.25) is 10.0 Å². The van der Waals surface area contributed by atoms with Crippen LogP contribution >= 0.6 is 0 Å². The molecule has 126 valence electrons. The lowest BCUT2D eigenvalue weighted by Gasteiger charge is -2.45. The third kappa shape index (κ3) is 2.86. The molecule has 0 spiro atoms. The normalized spacial score (nSPS) is 19.7. The molecule has 1 heterocycles.